The Morgan fingerprint density at radius 3 is 2.77 bits per heavy atom. The number of carbonyl (C=O) groups excluding carboxylic acids is 2. The number of nitrogen functional groups attached to an aromatic ring is 1. The van der Waals surface area contributed by atoms with Crippen LogP contribution in [0.5, 0.6) is 0 Å². The molecule has 178 valence electrons. The summed E-state index contributed by atoms with van der Waals surface area (Å²) in [5.41, 5.74) is 8.93. The minimum absolute atomic E-state index is 0.0842. The number of aromatic nitrogens is 7. The summed E-state index contributed by atoms with van der Waals surface area (Å²) in [5, 5.41) is 13.9. The third kappa shape index (κ3) is 3.98. The summed E-state index contributed by atoms with van der Waals surface area (Å²) in [5.74, 6) is -0.246. The van der Waals surface area contributed by atoms with E-state index in [1.54, 1.807) is 44.7 Å². The molecule has 1 aliphatic heterocycles. The van der Waals surface area contributed by atoms with Gasteiger partial charge in [-0.15, -0.1) is 5.10 Å². The quantitative estimate of drug-likeness (QED) is 0.338. The van der Waals surface area contributed by atoms with Gasteiger partial charge in [-0.1, -0.05) is 11.8 Å². The third-order valence-corrected chi connectivity index (χ3v) is 6.04. The predicted molar refractivity (Wildman–Crippen MR) is 126 cm³/mol. The van der Waals surface area contributed by atoms with Gasteiger partial charge in [0.2, 0.25) is 5.91 Å². The zero-order valence-electron chi connectivity index (χ0n) is 19.0. The van der Waals surface area contributed by atoms with Gasteiger partial charge in [-0.2, -0.15) is 5.10 Å². The van der Waals surface area contributed by atoms with Crippen LogP contribution in [0.25, 0.3) is 28.1 Å². The van der Waals surface area contributed by atoms with E-state index in [0.717, 1.165) is 12.8 Å². The Kier molecular flexibility index (Phi) is 5.69. The van der Waals surface area contributed by atoms with Gasteiger partial charge in [0.25, 0.3) is 0 Å². The molecule has 0 aliphatic carbocycles. The van der Waals surface area contributed by atoms with Crippen molar-refractivity contribution < 1.29 is 14.3 Å². The SMILES string of the molecule is C=CC(=O)N1CCC[C@@H](n2nc(-c3cn(-c4ccc(C(=O)OC)cc4)nn3)c3c(N)ncnc32)C1. The standard InChI is InChI=1S/C23H23N9O3/c1-3-18(33)30-10-4-5-16(11-30)32-22-19(21(24)25-13-26-22)20(28-32)17-12-31(29-27-17)15-8-6-14(7-9-15)23(34)35-2/h3,6-9,12-13,16H,1,4-5,10-11H2,2H3,(H2,24,25,26)/t16-/m1/s1. The van der Waals surface area contributed by atoms with Gasteiger partial charge in [0, 0.05) is 13.1 Å². The van der Waals surface area contributed by atoms with Crippen LogP contribution in [0.1, 0.15) is 29.2 Å². The molecule has 35 heavy (non-hydrogen) atoms. The number of piperidine rings is 1. The van der Waals surface area contributed by atoms with Crippen molar-refractivity contribution in [3.8, 4) is 17.1 Å². The first-order valence-corrected chi connectivity index (χ1v) is 11.0. The van der Waals surface area contributed by atoms with E-state index < -0.39 is 5.97 Å². The number of hydrogen-bond acceptors (Lipinski definition) is 9. The van der Waals surface area contributed by atoms with E-state index in [9.17, 15) is 9.59 Å². The molecule has 5 rings (SSSR count). The maximum Gasteiger partial charge on any atom is 0.337 e. The number of benzene rings is 1. The van der Waals surface area contributed by atoms with Gasteiger partial charge in [-0.3, -0.25) is 4.79 Å². The molecule has 4 aromatic rings. The fourth-order valence-electron chi connectivity index (χ4n) is 4.28. The smallest absolute Gasteiger partial charge is 0.337 e. The molecule has 1 saturated heterocycles. The number of rotatable bonds is 5. The molecule has 1 aromatic carbocycles. The van der Waals surface area contributed by atoms with Gasteiger partial charge < -0.3 is 15.4 Å². The third-order valence-electron chi connectivity index (χ3n) is 6.04. The number of likely N-dealkylation sites (tertiary alicyclic amines) is 1. The van der Waals surface area contributed by atoms with Crippen molar-refractivity contribution in [1.82, 2.24) is 39.6 Å². The number of anilines is 1. The number of hydrogen-bond donors (Lipinski definition) is 1. The summed E-state index contributed by atoms with van der Waals surface area (Å²) in [6.45, 7) is 4.76. The number of esters is 1. The average molecular weight is 473 g/mol. The number of ether oxygens (including phenoxy) is 1. The zero-order chi connectivity index (χ0) is 24.5. The van der Waals surface area contributed by atoms with Gasteiger partial charge in [-0.05, 0) is 43.2 Å². The predicted octanol–water partition coefficient (Wildman–Crippen LogP) is 1.79. The molecule has 0 radical (unpaired) electrons. The number of amides is 1. The molecular formula is C23H23N9O3. The van der Waals surface area contributed by atoms with Crippen LogP contribution >= 0.6 is 0 Å². The van der Waals surface area contributed by atoms with Crippen molar-refractivity contribution in [3.05, 3.63) is 55.0 Å². The fourth-order valence-corrected chi connectivity index (χ4v) is 4.28. The van der Waals surface area contributed by atoms with E-state index in [2.05, 4.69) is 26.9 Å². The van der Waals surface area contributed by atoms with Crippen molar-refractivity contribution in [2.75, 3.05) is 25.9 Å². The summed E-state index contributed by atoms with van der Waals surface area (Å²) in [4.78, 5) is 34.2. The molecule has 3 aromatic heterocycles. The van der Waals surface area contributed by atoms with Crippen LogP contribution in [-0.4, -0.2) is 71.7 Å². The summed E-state index contributed by atoms with van der Waals surface area (Å²) < 4.78 is 8.12. The van der Waals surface area contributed by atoms with Crippen molar-refractivity contribution >= 4 is 28.7 Å². The molecule has 0 unspecified atom stereocenters. The molecule has 0 spiro atoms. The van der Waals surface area contributed by atoms with E-state index in [0.29, 0.717) is 46.8 Å². The summed E-state index contributed by atoms with van der Waals surface area (Å²) in [6, 6.07) is 6.70. The monoisotopic (exact) mass is 473 g/mol. The van der Waals surface area contributed by atoms with Crippen LogP contribution in [0.2, 0.25) is 0 Å². The van der Waals surface area contributed by atoms with Gasteiger partial charge in [0.15, 0.2) is 5.65 Å². The second-order valence-corrected chi connectivity index (χ2v) is 8.12. The second-order valence-electron chi connectivity index (χ2n) is 8.12. The molecule has 1 fully saturated rings. The average Bonchev–Trinajstić information content (AvgIpc) is 3.54. The summed E-state index contributed by atoms with van der Waals surface area (Å²) in [6.07, 6.45) is 6.11. The molecule has 4 heterocycles. The minimum atomic E-state index is -0.417. The van der Waals surface area contributed by atoms with Crippen molar-refractivity contribution in [1.29, 1.82) is 0 Å². The molecule has 12 nitrogen and oxygen atoms in total. The molecule has 12 heteroatoms. The van der Waals surface area contributed by atoms with E-state index >= 15 is 0 Å². The van der Waals surface area contributed by atoms with Gasteiger partial charge in [0.05, 0.1) is 36.0 Å². The molecule has 1 aliphatic rings. The Morgan fingerprint density at radius 1 is 1.23 bits per heavy atom. The van der Waals surface area contributed by atoms with Crippen LogP contribution in [0.4, 0.5) is 5.82 Å². The van der Waals surface area contributed by atoms with Crippen molar-refractivity contribution in [2.24, 2.45) is 0 Å². The van der Waals surface area contributed by atoms with Gasteiger partial charge in [-0.25, -0.2) is 24.1 Å². The van der Waals surface area contributed by atoms with Crippen LogP contribution in [0.15, 0.2) is 49.4 Å². The maximum absolute atomic E-state index is 12.2. The fraction of sp³-hybridized carbons (Fsp3) is 0.261. The highest BCUT2D eigenvalue weighted by molar-refractivity contribution is 5.97. The molecular weight excluding hydrogens is 450 g/mol. The molecule has 0 bridgehead atoms. The van der Waals surface area contributed by atoms with Crippen LogP contribution in [-0.2, 0) is 9.53 Å². The van der Waals surface area contributed by atoms with E-state index in [1.807, 2.05) is 0 Å². The Balaban J connectivity index is 1.52. The Bertz CT molecular complexity index is 1420. The first kappa shape index (κ1) is 22.2. The van der Waals surface area contributed by atoms with Crippen LogP contribution in [0, 0.1) is 0 Å². The minimum Gasteiger partial charge on any atom is -0.465 e. The normalized spacial score (nSPS) is 15.8. The van der Waals surface area contributed by atoms with E-state index in [1.165, 1.54) is 19.5 Å². The lowest BCUT2D eigenvalue weighted by atomic mass is 10.1. The number of methoxy groups -OCH3 is 1. The highest BCUT2D eigenvalue weighted by atomic mass is 16.5. The highest BCUT2D eigenvalue weighted by Crippen LogP contribution is 2.33. The number of nitrogens with two attached hydrogens (primary N) is 1. The van der Waals surface area contributed by atoms with Crippen molar-refractivity contribution in [3.63, 3.8) is 0 Å². The van der Waals surface area contributed by atoms with Gasteiger partial charge >= 0.3 is 5.97 Å². The molecule has 0 saturated carbocycles. The maximum atomic E-state index is 12.2. The Labute approximate surface area is 200 Å². The van der Waals surface area contributed by atoms with E-state index in [4.69, 9.17) is 15.6 Å². The molecule has 2 N–H and O–H groups in total. The summed E-state index contributed by atoms with van der Waals surface area (Å²) >= 11 is 0. The van der Waals surface area contributed by atoms with Crippen LogP contribution < -0.4 is 5.73 Å². The summed E-state index contributed by atoms with van der Waals surface area (Å²) in [7, 11) is 1.33. The zero-order valence-corrected chi connectivity index (χ0v) is 19.0. The van der Waals surface area contributed by atoms with Gasteiger partial charge in [0.1, 0.15) is 23.5 Å². The highest BCUT2D eigenvalue weighted by Gasteiger charge is 2.28. The number of fused-ring (bicyclic) bond motifs is 1. The molecule has 1 atom stereocenters. The second kappa shape index (κ2) is 8.97. The number of nitrogens with zero attached hydrogens (tertiary/aromatic N) is 8. The largest absolute Gasteiger partial charge is 0.465 e. The van der Waals surface area contributed by atoms with Crippen LogP contribution in [0.3, 0.4) is 0 Å². The van der Waals surface area contributed by atoms with E-state index in [-0.39, 0.29) is 17.8 Å². The molecule has 1 amide bonds. The lowest BCUT2D eigenvalue weighted by Gasteiger charge is -2.32. The Hall–Kier alpha value is -4.61. The first-order chi connectivity index (χ1) is 17.0. The van der Waals surface area contributed by atoms with Crippen molar-refractivity contribution in [2.45, 2.75) is 18.9 Å². The lowest BCUT2D eigenvalue weighted by Crippen LogP contribution is -2.40. The Morgan fingerprint density at radius 2 is 2.03 bits per heavy atom. The lowest BCUT2D eigenvalue weighted by molar-refractivity contribution is -0.127. The number of carbonyl (C=O) groups is 2. The first-order valence-electron chi connectivity index (χ1n) is 11.0. The topological polar surface area (TPSA) is 147 Å².